The summed E-state index contributed by atoms with van der Waals surface area (Å²) in [7, 11) is 0. The average Bonchev–Trinajstić information content (AvgIpc) is 2.73. The van der Waals surface area contributed by atoms with E-state index in [1.807, 2.05) is 0 Å². The van der Waals surface area contributed by atoms with Crippen LogP contribution < -0.4 is 5.32 Å². The first-order chi connectivity index (χ1) is 8.06. The molecule has 1 aromatic rings. The molecular formula is C9H14N4O4. The Morgan fingerprint density at radius 3 is 2.82 bits per heavy atom. The quantitative estimate of drug-likeness (QED) is 0.464. The van der Waals surface area contributed by atoms with E-state index in [0.29, 0.717) is 5.82 Å². The second-order valence-corrected chi connectivity index (χ2v) is 4.01. The molecule has 0 unspecified atom stereocenters. The van der Waals surface area contributed by atoms with Crippen molar-refractivity contribution >= 4 is 5.91 Å². The molecule has 0 spiro atoms. The van der Waals surface area contributed by atoms with Crippen molar-refractivity contribution in [2.75, 3.05) is 6.61 Å². The van der Waals surface area contributed by atoms with E-state index in [4.69, 9.17) is 0 Å². The summed E-state index contributed by atoms with van der Waals surface area (Å²) in [5.74, 6) is -0.0321. The summed E-state index contributed by atoms with van der Waals surface area (Å²) in [5.41, 5.74) is 0. The molecule has 1 aliphatic rings. The Balaban J connectivity index is 2.39. The molecule has 1 aliphatic heterocycles. The summed E-state index contributed by atoms with van der Waals surface area (Å²) in [6.07, 6.45) is -1.08. The Labute approximate surface area is 96.9 Å². The molecule has 0 bridgehead atoms. The first-order valence-electron chi connectivity index (χ1n) is 5.19. The lowest BCUT2D eigenvalue weighted by Gasteiger charge is -2.37. The third-order valence-corrected chi connectivity index (χ3v) is 2.87. The average molecular weight is 242 g/mol. The van der Waals surface area contributed by atoms with Gasteiger partial charge in [0.15, 0.2) is 5.82 Å². The van der Waals surface area contributed by atoms with E-state index in [2.05, 4.69) is 15.5 Å². The van der Waals surface area contributed by atoms with Crippen LogP contribution in [0.4, 0.5) is 0 Å². The summed E-state index contributed by atoms with van der Waals surface area (Å²) in [6, 6.07) is -1.53. The van der Waals surface area contributed by atoms with E-state index < -0.39 is 24.3 Å². The number of hydrogen-bond donors (Lipinski definition) is 4. The molecule has 2 rings (SSSR count). The molecule has 1 aromatic heterocycles. The molecule has 0 saturated carbocycles. The van der Waals surface area contributed by atoms with Crippen LogP contribution in [0.5, 0.6) is 0 Å². The molecule has 4 N–H and O–H groups in total. The summed E-state index contributed by atoms with van der Waals surface area (Å²) in [5, 5.41) is 38.9. The van der Waals surface area contributed by atoms with E-state index in [9.17, 15) is 20.1 Å². The third kappa shape index (κ3) is 1.90. The molecule has 8 heteroatoms. The largest absolute Gasteiger partial charge is 0.394 e. The number of fused-ring (bicyclic) bond motifs is 1. The zero-order chi connectivity index (χ0) is 12.6. The topological polar surface area (TPSA) is 121 Å². The first kappa shape index (κ1) is 12.0. The van der Waals surface area contributed by atoms with Crippen LogP contribution in [0.3, 0.4) is 0 Å². The van der Waals surface area contributed by atoms with E-state index in [0.717, 1.165) is 0 Å². The Kier molecular flexibility index (Phi) is 3.09. The minimum atomic E-state index is -1.23. The highest BCUT2D eigenvalue weighted by molar-refractivity contribution is 5.73. The maximum Gasteiger partial charge on any atom is 0.217 e. The smallest absolute Gasteiger partial charge is 0.217 e. The van der Waals surface area contributed by atoms with Crippen LogP contribution in [-0.4, -0.2) is 54.8 Å². The van der Waals surface area contributed by atoms with Crippen LogP contribution >= 0.6 is 0 Å². The van der Waals surface area contributed by atoms with Gasteiger partial charge in [0.1, 0.15) is 24.6 Å². The molecule has 94 valence electrons. The van der Waals surface area contributed by atoms with Crippen molar-refractivity contribution in [3.8, 4) is 0 Å². The molecule has 0 aliphatic carbocycles. The maximum absolute atomic E-state index is 11.0. The van der Waals surface area contributed by atoms with Crippen molar-refractivity contribution in [2.45, 2.75) is 31.2 Å². The lowest BCUT2D eigenvalue weighted by atomic mass is 9.94. The molecule has 0 saturated heterocycles. The van der Waals surface area contributed by atoms with Crippen molar-refractivity contribution in [3.63, 3.8) is 0 Å². The van der Waals surface area contributed by atoms with Gasteiger partial charge in [-0.1, -0.05) is 0 Å². The van der Waals surface area contributed by atoms with Crippen LogP contribution in [0.25, 0.3) is 0 Å². The lowest BCUT2D eigenvalue weighted by molar-refractivity contribution is -0.123. The fraction of sp³-hybridized carbons (Fsp3) is 0.667. The number of aromatic nitrogens is 3. The molecule has 2 heterocycles. The van der Waals surface area contributed by atoms with E-state index in [1.54, 1.807) is 0 Å². The third-order valence-electron chi connectivity index (χ3n) is 2.87. The van der Waals surface area contributed by atoms with Gasteiger partial charge in [-0.25, -0.2) is 0 Å². The van der Waals surface area contributed by atoms with Gasteiger partial charge >= 0.3 is 0 Å². The summed E-state index contributed by atoms with van der Waals surface area (Å²) in [6.45, 7) is 0.952. The molecule has 17 heavy (non-hydrogen) atoms. The summed E-state index contributed by atoms with van der Waals surface area (Å²) in [4.78, 5) is 11.0. The molecule has 1 amide bonds. The number of rotatable bonds is 2. The fourth-order valence-electron chi connectivity index (χ4n) is 2.04. The van der Waals surface area contributed by atoms with Crippen LogP contribution in [0.1, 0.15) is 24.8 Å². The van der Waals surface area contributed by atoms with Crippen molar-refractivity contribution in [1.29, 1.82) is 0 Å². The Morgan fingerprint density at radius 2 is 2.24 bits per heavy atom. The van der Waals surface area contributed by atoms with E-state index in [1.165, 1.54) is 17.8 Å². The van der Waals surface area contributed by atoms with Crippen molar-refractivity contribution in [3.05, 3.63) is 12.2 Å². The maximum atomic E-state index is 11.0. The standard InChI is InChI=1S/C9H14N4O4/c1-4(15)11-6-8(17)7(16)5(2-14)13-3-10-12-9(6)13/h3,5-8,14,16-17H,2H2,1H3,(H,11,15)/t5-,6-,7-,8-/m1/s1. The highest BCUT2D eigenvalue weighted by atomic mass is 16.3. The number of amides is 1. The van der Waals surface area contributed by atoms with Gasteiger partial charge in [0.05, 0.1) is 12.6 Å². The second kappa shape index (κ2) is 4.40. The molecule has 0 radical (unpaired) electrons. The Bertz CT molecular complexity index is 421. The van der Waals surface area contributed by atoms with Crippen LogP contribution in [0.15, 0.2) is 6.33 Å². The highest BCUT2D eigenvalue weighted by Gasteiger charge is 2.42. The minimum absolute atomic E-state index is 0.317. The predicted octanol–water partition coefficient (Wildman–Crippen LogP) is -2.28. The van der Waals surface area contributed by atoms with E-state index >= 15 is 0 Å². The summed E-state index contributed by atoms with van der Waals surface area (Å²) < 4.78 is 1.46. The highest BCUT2D eigenvalue weighted by Crippen LogP contribution is 2.30. The zero-order valence-electron chi connectivity index (χ0n) is 9.19. The molecule has 0 fully saturated rings. The fourth-order valence-corrected chi connectivity index (χ4v) is 2.04. The first-order valence-corrected chi connectivity index (χ1v) is 5.19. The van der Waals surface area contributed by atoms with Gasteiger partial charge in [-0.2, -0.15) is 0 Å². The zero-order valence-corrected chi connectivity index (χ0v) is 9.19. The predicted molar refractivity (Wildman–Crippen MR) is 54.7 cm³/mol. The van der Waals surface area contributed by atoms with Crippen LogP contribution in [0.2, 0.25) is 0 Å². The monoisotopic (exact) mass is 242 g/mol. The van der Waals surface area contributed by atoms with Crippen molar-refractivity contribution in [2.24, 2.45) is 0 Å². The van der Waals surface area contributed by atoms with E-state index in [-0.39, 0.29) is 12.5 Å². The minimum Gasteiger partial charge on any atom is -0.394 e. The van der Waals surface area contributed by atoms with Crippen LogP contribution in [0, 0.1) is 0 Å². The number of aliphatic hydroxyl groups excluding tert-OH is 3. The van der Waals surface area contributed by atoms with Crippen LogP contribution in [-0.2, 0) is 4.79 Å². The Hall–Kier alpha value is -1.51. The van der Waals surface area contributed by atoms with Gasteiger partial charge in [0.25, 0.3) is 0 Å². The van der Waals surface area contributed by atoms with Gasteiger partial charge in [-0.15, -0.1) is 10.2 Å². The van der Waals surface area contributed by atoms with Crippen molar-refractivity contribution < 1.29 is 20.1 Å². The number of carbonyl (C=O) groups is 1. The Morgan fingerprint density at radius 1 is 1.53 bits per heavy atom. The number of nitrogens with one attached hydrogen (secondary N) is 1. The van der Waals surface area contributed by atoms with Gasteiger partial charge in [-0.05, 0) is 0 Å². The number of nitrogens with zero attached hydrogens (tertiary/aromatic N) is 3. The normalized spacial score (nSPS) is 32.0. The van der Waals surface area contributed by atoms with Crippen molar-refractivity contribution in [1.82, 2.24) is 20.1 Å². The number of hydrogen-bond acceptors (Lipinski definition) is 6. The number of aliphatic hydroxyl groups is 3. The molecule has 8 nitrogen and oxygen atoms in total. The molecule has 0 aromatic carbocycles. The summed E-state index contributed by atoms with van der Waals surface area (Å²) >= 11 is 0. The van der Waals surface area contributed by atoms with Gasteiger partial charge in [0, 0.05) is 6.92 Å². The molecular weight excluding hydrogens is 228 g/mol. The van der Waals surface area contributed by atoms with Gasteiger partial charge in [-0.3, -0.25) is 4.79 Å². The molecule has 4 atom stereocenters. The number of carbonyl (C=O) groups excluding carboxylic acids is 1. The SMILES string of the molecule is CC(=O)N[C@H]1c2nncn2[C@H](CO)[C@@H](O)[C@@H]1O. The van der Waals surface area contributed by atoms with Gasteiger partial charge in [0.2, 0.25) is 5.91 Å². The second-order valence-electron chi connectivity index (χ2n) is 4.01. The van der Waals surface area contributed by atoms with Gasteiger partial charge < -0.3 is 25.2 Å². The lowest BCUT2D eigenvalue weighted by Crippen LogP contribution is -2.51.